The van der Waals surface area contributed by atoms with Gasteiger partial charge in [0, 0.05) is 5.82 Å². The maximum atomic E-state index is 6.34. The molecule has 1 aromatic rings. The van der Waals surface area contributed by atoms with Crippen molar-refractivity contribution in [2.75, 3.05) is 0 Å². The first-order valence-corrected chi connectivity index (χ1v) is 13.3. The molecule has 0 aromatic heterocycles. The molecule has 1 aliphatic carbocycles. The Kier molecular flexibility index (Phi) is 5.58. The molecule has 1 fully saturated rings. The van der Waals surface area contributed by atoms with Gasteiger partial charge in [0.1, 0.15) is 0 Å². The Labute approximate surface area is 161 Å². The van der Waals surface area contributed by atoms with Crippen LogP contribution in [0.15, 0.2) is 42.5 Å². The standard InChI is InChI=1S/C22H35BO2Si/c1-21(2)22(3,4)25-23(24-21)18-12-10-11-15-20(17-16-18)26(5,6)19-13-8-7-9-14-19/h7-9,13-14,16-18,20H,10-12,15H2,1-6H3/b17-16-/t18-,20+/m0/s1. The van der Waals surface area contributed by atoms with Crippen LogP contribution < -0.4 is 5.19 Å². The highest BCUT2D eigenvalue weighted by molar-refractivity contribution is 6.91. The second kappa shape index (κ2) is 7.29. The van der Waals surface area contributed by atoms with E-state index in [2.05, 4.69) is 83.3 Å². The van der Waals surface area contributed by atoms with Crippen molar-refractivity contribution in [1.29, 1.82) is 0 Å². The van der Waals surface area contributed by atoms with Crippen LogP contribution in [0.25, 0.3) is 0 Å². The van der Waals surface area contributed by atoms with Crippen LogP contribution in [0.5, 0.6) is 0 Å². The van der Waals surface area contributed by atoms with Crippen molar-refractivity contribution < 1.29 is 9.31 Å². The zero-order valence-electron chi connectivity index (χ0n) is 17.4. The quantitative estimate of drug-likeness (QED) is 0.512. The molecule has 2 nitrogen and oxygen atoms in total. The topological polar surface area (TPSA) is 18.5 Å². The Hall–Kier alpha value is -0.838. The van der Waals surface area contributed by atoms with Crippen LogP contribution in [0.2, 0.25) is 24.5 Å². The zero-order valence-corrected chi connectivity index (χ0v) is 18.4. The molecule has 2 atom stereocenters. The molecule has 0 unspecified atom stereocenters. The molecular weight excluding hydrogens is 335 g/mol. The number of hydrogen-bond donors (Lipinski definition) is 0. The van der Waals surface area contributed by atoms with E-state index in [9.17, 15) is 0 Å². The summed E-state index contributed by atoms with van der Waals surface area (Å²) in [5.41, 5.74) is 0.187. The van der Waals surface area contributed by atoms with Crippen molar-refractivity contribution >= 4 is 20.4 Å². The van der Waals surface area contributed by atoms with E-state index in [1.807, 2.05) is 0 Å². The molecule has 0 spiro atoms. The third-order valence-electron chi connectivity index (χ3n) is 6.96. The van der Waals surface area contributed by atoms with Gasteiger partial charge in [-0.15, -0.1) is 0 Å². The summed E-state index contributed by atoms with van der Waals surface area (Å²) in [7, 11) is -1.64. The van der Waals surface area contributed by atoms with Crippen molar-refractivity contribution in [2.45, 2.75) is 89.0 Å². The maximum absolute atomic E-state index is 6.34. The molecule has 2 aliphatic rings. The highest BCUT2D eigenvalue weighted by Gasteiger charge is 2.53. The SMILES string of the molecule is CC1(C)OB([C@@H]2/C=C\[C@H]([Si](C)(C)c3ccccc3)CCCC2)OC1(C)C. The fourth-order valence-corrected chi connectivity index (χ4v) is 7.18. The number of allylic oxidation sites excluding steroid dienone is 2. The Morgan fingerprint density at radius 3 is 2.08 bits per heavy atom. The maximum Gasteiger partial charge on any atom is 0.465 e. The fourth-order valence-electron chi connectivity index (χ4n) is 4.19. The summed E-state index contributed by atoms with van der Waals surface area (Å²) in [6.07, 6.45) is 9.95. The molecule has 0 amide bonds. The van der Waals surface area contributed by atoms with E-state index in [0.29, 0.717) is 11.4 Å². The van der Waals surface area contributed by atoms with Crippen molar-refractivity contribution in [3.05, 3.63) is 42.5 Å². The largest absolute Gasteiger partial charge is 0.465 e. The van der Waals surface area contributed by atoms with Gasteiger partial charge in [0.25, 0.3) is 0 Å². The normalized spacial score (nSPS) is 29.8. The fraction of sp³-hybridized carbons (Fsp3) is 0.636. The van der Waals surface area contributed by atoms with Gasteiger partial charge < -0.3 is 9.31 Å². The predicted molar refractivity (Wildman–Crippen MR) is 115 cm³/mol. The van der Waals surface area contributed by atoms with Crippen LogP contribution in [0.3, 0.4) is 0 Å². The van der Waals surface area contributed by atoms with Gasteiger partial charge >= 0.3 is 7.12 Å². The molecular formula is C22H35BO2Si. The lowest BCUT2D eigenvalue weighted by Crippen LogP contribution is -2.45. The molecule has 1 aromatic carbocycles. The minimum absolute atomic E-state index is 0.114. The van der Waals surface area contributed by atoms with E-state index in [4.69, 9.17) is 9.31 Å². The molecule has 4 heteroatoms. The number of hydrogen-bond acceptors (Lipinski definition) is 2. The smallest absolute Gasteiger partial charge is 0.403 e. The lowest BCUT2D eigenvalue weighted by molar-refractivity contribution is 0.00578. The molecule has 3 rings (SSSR count). The van der Waals surface area contributed by atoms with E-state index in [1.165, 1.54) is 19.3 Å². The summed E-state index contributed by atoms with van der Waals surface area (Å²) in [6.45, 7) is 13.6. The van der Waals surface area contributed by atoms with Gasteiger partial charge in [-0.25, -0.2) is 0 Å². The summed E-state index contributed by atoms with van der Waals surface area (Å²) < 4.78 is 12.7. The molecule has 0 saturated carbocycles. The highest BCUT2D eigenvalue weighted by atomic mass is 28.3. The monoisotopic (exact) mass is 370 g/mol. The van der Waals surface area contributed by atoms with E-state index in [1.54, 1.807) is 5.19 Å². The van der Waals surface area contributed by atoms with Gasteiger partial charge in [0.15, 0.2) is 0 Å². The van der Waals surface area contributed by atoms with E-state index in [0.717, 1.165) is 6.42 Å². The Morgan fingerprint density at radius 2 is 1.46 bits per heavy atom. The average molecular weight is 370 g/mol. The van der Waals surface area contributed by atoms with Gasteiger partial charge in [-0.2, -0.15) is 0 Å². The van der Waals surface area contributed by atoms with Crippen molar-refractivity contribution in [1.82, 2.24) is 0 Å². The zero-order chi connectivity index (χ0) is 19.0. The summed E-state index contributed by atoms with van der Waals surface area (Å²) in [5, 5.41) is 1.56. The third kappa shape index (κ3) is 3.88. The van der Waals surface area contributed by atoms with Crippen LogP contribution in [0.4, 0.5) is 0 Å². The molecule has 0 N–H and O–H groups in total. The minimum Gasteiger partial charge on any atom is -0.403 e. The summed E-state index contributed by atoms with van der Waals surface area (Å²) in [4.78, 5) is 0. The van der Waals surface area contributed by atoms with Crippen LogP contribution in [-0.4, -0.2) is 26.4 Å². The molecule has 1 aliphatic heterocycles. The Bertz CT molecular complexity index is 623. The molecule has 26 heavy (non-hydrogen) atoms. The van der Waals surface area contributed by atoms with E-state index in [-0.39, 0.29) is 18.3 Å². The number of benzene rings is 1. The van der Waals surface area contributed by atoms with Gasteiger partial charge in [-0.05, 0) is 46.1 Å². The summed E-state index contributed by atoms with van der Waals surface area (Å²) in [6, 6.07) is 11.1. The second-order valence-electron chi connectivity index (χ2n) is 9.65. The van der Waals surface area contributed by atoms with Gasteiger partial charge in [0.05, 0.1) is 19.3 Å². The van der Waals surface area contributed by atoms with Crippen LogP contribution >= 0.6 is 0 Å². The number of rotatable bonds is 3. The first kappa shape index (κ1) is 19.9. The molecule has 1 heterocycles. The third-order valence-corrected chi connectivity index (χ3v) is 11.1. The van der Waals surface area contributed by atoms with Crippen LogP contribution in [0, 0.1) is 0 Å². The average Bonchev–Trinajstić information content (AvgIpc) is 2.75. The molecule has 0 bridgehead atoms. The van der Waals surface area contributed by atoms with E-state index < -0.39 is 8.07 Å². The molecule has 0 radical (unpaired) electrons. The van der Waals surface area contributed by atoms with Gasteiger partial charge in [-0.1, -0.05) is 73.6 Å². The van der Waals surface area contributed by atoms with Crippen molar-refractivity contribution in [3.63, 3.8) is 0 Å². The van der Waals surface area contributed by atoms with Crippen LogP contribution in [-0.2, 0) is 9.31 Å². The first-order valence-electron chi connectivity index (χ1n) is 10.2. The van der Waals surface area contributed by atoms with Crippen LogP contribution in [0.1, 0.15) is 53.4 Å². The Balaban J connectivity index is 1.79. The first-order chi connectivity index (χ1) is 12.1. The van der Waals surface area contributed by atoms with Crippen molar-refractivity contribution in [2.24, 2.45) is 0 Å². The molecule has 1 saturated heterocycles. The van der Waals surface area contributed by atoms with Gasteiger partial charge in [-0.3, -0.25) is 0 Å². The Morgan fingerprint density at radius 1 is 0.885 bits per heavy atom. The second-order valence-corrected chi connectivity index (χ2v) is 14.4. The lowest BCUT2D eigenvalue weighted by atomic mass is 9.68. The predicted octanol–water partition coefficient (Wildman–Crippen LogP) is 5.56. The minimum atomic E-state index is -1.53. The highest BCUT2D eigenvalue weighted by Crippen LogP contribution is 2.43. The lowest BCUT2D eigenvalue weighted by Gasteiger charge is -2.33. The van der Waals surface area contributed by atoms with E-state index >= 15 is 0 Å². The summed E-state index contributed by atoms with van der Waals surface area (Å²) in [5.74, 6) is 0.361. The van der Waals surface area contributed by atoms with Crippen molar-refractivity contribution in [3.8, 4) is 0 Å². The summed E-state index contributed by atoms with van der Waals surface area (Å²) >= 11 is 0. The molecule has 142 valence electrons. The van der Waals surface area contributed by atoms with Gasteiger partial charge in [0.2, 0.25) is 0 Å².